The number of hydrogen-bond acceptors (Lipinski definition) is 6. The highest BCUT2D eigenvalue weighted by Gasteiger charge is 2.20. The van der Waals surface area contributed by atoms with Gasteiger partial charge in [0.05, 0.1) is 0 Å². The lowest BCUT2D eigenvalue weighted by atomic mass is 10.2. The van der Waals surface area contributed by atoms with Crippen LogP contribution in [0.2, 0.25) is 0 Å². The maximum absolute atomic E-state index is 11.3. The number of piperazine rings is 1. The minimum Gasteiger partial charge on any atom is -0.396 e. The van der Waals surface area contributed by atoms with E-state index >= 15 is 0 Å². The van der Waals surface area contributed by atoms with Crippen LogP contribution in [-0.4, -0.2) is 64.9 Å². The van der Waals surface area contributed by atoms with Gasteiger partial charge in [0.25, 0.3) is 0 Å². The topological polar surface area (TPSA) is 69.6 Å². The highest BCUT2D eigenvalue weighted by Crippen LogP contribution is 2.19. The van der Waals surface area contributed by atoms with Crippen LogP contribution in [-0.2, 0) is 11.2 Å². The fraction of sp³-hybridized carbons (Fsp3) is 0.615. The Hall–Kier alpha value is -1.34. The third-order valence-electron chi connectivity index (χ3n) is 3.34. The van der Waals surface area contributed by atoms with Crippen molar-refractivity contribution in [1.82, 2.24) is 14.9 Å². The Morgan fingerprint density at radius 3 is 2.60 bits per heavy atom. The van der Waals surface area contributed by atoms with E-state index in [-0.39, 0.29) is 12.5 Å². The number of aliphatic hydroxyl groups excluding tert-OH is 1. The summed E-state index contributed by atoms with van der Waals surface area (Å²) in [5, 5.41) is 9.78. The van der Waals surface area contributed by atoms with Crippen molar-refractivity contribution in [2.24, 2.45) is 0 Å². The fourth-order valence-electron chi connectivity index (χ4n) is 2.21. The Morgan fingerprint density at radius 2 is 2.05 bits per heavy atom. The number of thioether (sulfide) groups is 1. The molecule has 0 bridgehead atoms. The molecule has 2 heterocycles. The maximum atomic E-state index is 11.3. The number of amides is 1. The van der Waals surface area contributed by atoms with Crippen LogP contribution in [0.3, 0.4) is 0 Å². The molecule has 0 radical (unpaired) electrons. The summed E-state index contributed by atoms with van der Waals surface area (Å²) in [4.78, 5) is 24.3. The van der Waals surface area contributed by atoms with Gasteiger partial charge in [0.2, 0.25) is 5.91 Å². The van der Waals surface area contributed by atoms with Gasteiger partial charge in [-0.15, -0.1) is 0 Å². The molecule has 1 aromatic heterocycles. The molecule has 7 heteroatoms. The Bertz CT molecular complexity index is 475. The van der Waals surface area contributed by atoms with Crippen molar-refractivity contribution < 1.29 is 9.90 Å². The summed E-state index contributed by atoms with van der Waals surface area (Å²) in [7, 11) is 0. The van der Waals surface area contributed by atoms with Crippen molar-refractivity contribution >= 4 is 23.5 Å². The van der Waals surface area contributed by atoms with Crippen molar-refractivity contribution in [3.63, 3.8) is 0 Å². The van der Waals surface area contributed by atoms with Crippen molar-refractivity contribution in [1.29, 1.82) is 0 Å². The molecule has 1 saturated heterocycles. The monoisotopic (exact) mass is 296 g/mol. The van der Waals surface area contributed by atoms with E-state index in [1.807, 2.05) is 17.2 Å². The molecule has 0 saturated carbocycles. The summed E-state index contributed by atoms with van der Waals surface area (Å²) in [6, 6.07) is 1.93. The molecule has 1 amide bonds. The number of anilines is 1. The fourth-order valence-corrected chi connectivity index (χ4v) is 2.60. The zero-order valence-corrected chi connectivity index (χ0v) is 12.7. The molecular formula is C13H20N4O2S. The van der Waals surface area contributed by atoms with Crippen molar-refractivity contribution in [3.8, 4) is 0 Å². The van der Waals surface area contributed by atoms with Crippen LogP contribution in [0.25, 0.3) is 0 Å². The number of aromatic nitrogens is 2. The molecule has 1 N–H and O–H groups in total. The molecule has 1 aliphatic heterocycles. The summed E-state index contributed by atoms with van der Waals surface area (Å²) in [5.74, 6) is 1.01. The second-order valence-electron chi connectivity index (χ2n) is 4.67. The lowest BCUT2D eigenvalue weighted by Crippen LogP contribution is -2.48. The molecule has 0 unspecified atom stereocenters. The number of nitrogens with zero attached hydrogens (tertiary/aromatic N) is 4. The standard InChI is InChI=1S/C13H20N4O2S/c1-10(19)16-4-6-17(7-5-16)12-9-11(3-8-18)14-13(15-12)20-2/h9,18H,3-8H2,1-2H3. The summed E-state index contributed by atoms with van der Waals surface area (Å²) in [5.41, 5.74) is 0.857. The van der Waals surface area contributed by atoms with Gasteiger partial charge in [0.1, 0.15) is 5.82 Å². The van der Waals surface area contributed by atoms with E-state index < -0.39 is 0 Å². The Kier molecular flexibility index (Phi) is 5.19. The first-order valence-electron chi connectivity index (χ1n) is 6.67. The van der Waals surface area contributed by atoms with Crippen LogP contribution < -0.4 is 4.90 Å². The third-order valence-corrected chi connectivity index (χ3v) is 3.89. The molecule has 2 rings (SSSR count). The van der Waals surface area contributed by atoms with Gasteiger partial charge in [-0.05, 0) is 6.26 Å². The second kappa shape index (κ2) is 6.90. The van der Waals surface area contributed by atoms with E-state index in [9.17, 15) is 4.79 Å². The van der Waals surface area contributed by atoms with Gasteiger partial charge in [-0.1, -0.05) is 11.8 Å². The van der Waals surface area contributed by atoms with E-state index in [2.05, 4.69) is 14.9 Å². The van der Waals surface area contributed by atoms with Gasteiger partial charge in [0.15, 0.2) is 5.16 Å². The van der Waals surface area contributed by atoms with Gasteiger partial charge in [-0.25, -0.2) is 9.97 Å². The highest BCUT2D eigenvalue weighted by atomic mass is 32.2. The average Bonchev–Trinajstić information content (AvgIpc) is 2.47. The molecule has 0 aromatic carbocycles. The van der Waals surface area contributed by atoms with Crippen LogP contribution in [0.15, 0.2) is 11.2 Å². The largest absolute Gasteiger partial charge is 0.396 e. The summed E-state index contributed by atoms with van der Waals surface area (Å²) in [6.45, 7) is 4.70. The zero-order valence-electron chi connectivity index (χ0n) is 11.9. The minimum atomic E-state index is 0.0857. The summed E-state index contributed by atoms with van der Waals surface area (Å²) >= 11 is 1.50. The average molecular weight is 296 g/mol. The van der Waals surface area contributed by atoms with E-state index in [4.69, 9.17) is 5.11 Å². The quantitative estimate of drug-likeness (QED) is 0.641. The van der Waals surface area contributed by atoms with Gasteiger partial charge >= 0.3 is 0 Å². The first kappa shape index (κ1) is 15.1. The van der Waals surface area contributed by atoms with Crippen LogP contribution in [0, 0.1) is 0 Å². The Balaban J connectivity index is 2.12. The van der Waals surface area contributed by atoms with Crippen molar-refractivity contribution in [2.75, 3.05) is 43.9 Å². The molecule has 0 spiro atoms. The molecule has 1 aliphatic rings. The lowest BCUT2D eigenvalue weighted by molar-refractivity contribution is -0.129. The second-order valence-corrected chi connectivity index (χ2v) is 5.44. The molecule has 1 aromatic rings. The highest BCUT2D eigenvalue weighted by molar-refractivity contribution is 7.98. The predicted molar refractivity (Wildman–Crippen MR) is 79.1 cm³/mol. The van der Waals surface area contributed by atoms with Gasteiger partial charge in [0, 0.05) is 57.9 Å². The predicted octanol–water partition coefficient (Wildman–Crippen LogP) is 0.402. The molecule has 6 nitrogen and oxygen atoms in total. The maximum Gasteiger partial charge on any atom is 0.219 e. The minimum absolute atomic E-state index is 0.0857. The van der Waals surface area contributed by atoms with Crippen LogP contribution in [0.5, 0.6) is 0 Å². The summed E-state index contributed by atoms with van der Waals surface area (Å²) < 4.78 is 0. The lowest BCUT2D eigenvalue weighted by Gasteiger charge is -2.35. The molecule has 0 aliphatic carbocycles. The molecule has 0 atom stereocenters. The number of rotatable bonds is 4. The summed E-state index contributed by atoms with van der Waals surface area (Å²) in [6.07, 6.45) is 2.48. The van der Waals surface area contributed by atoms with Crippen LogP contribution in [0.4, 0.5) is 5.82 Å². The van der Waals surface area contributed by atoms with E-state index in [1.54, 1.807) is 6.92 Å². The first-order chi connectivity index (χ1) is 9.63. The molecular weight excluding hydrogens is 276 g/mol. The Labute approximate surface area is 123 Å². The molecule has 1 fully saturated rings. The molecule has 20 heavy (non-hydrogen) atoms. The van der Waals surface area contributed by atoms with E-state index in [0.29, 0.717) is 6.42 Å². The van der Waals surface area contributed by atoms with E-state index in [0.717, 1.165) is 42.8 Å². The normalized spacial score (nSPS) is 15.6. The zero-order chi connectivity index (χ0) is 14.5. The first-order valence-corrected chi connectivity index (χ1v) is 7.89. The third kappa shape index (κ3) is 3.61. The Morgan fingerprint density at radius 1 is 1.35 bits per heavy atom. The van der Waals surface area contributed by atoms with Crippen LogP contribution in [0.1, 0.15) is 12.6 Å². The number of carbonyl (C=O) groups excluding carboxylic acids is 1. The number of hydrogen-bond donors (Lipinski definition) is 1. The SMILES string of the molecule is CSc1nc(CCO)cc(N2CCN(C(C)=O)CC2)n1. The molecule has 110 valence electrons. The van der Waals surface area contributed by atoms with Crippen molar-refractivity contribution in [2.45, 2.75) is 18.5 Å². The van der Waals surface area contributed by atoms with Crippen molar-refractivity contribution in [3.05, 3.63) is 11.8 Å². The van der Waals surface area contributed by atoms with Gasteiger partial charge in [-0.2, -0.15) is 0 Å². The smallest absolute Gasteiger partial charge is 0.219 e. The number of carbonyl (C=O) groups is 1. The van der Waals surface area contributed by atoms with Gasteiger partial charge in [-0.3, -0.25) is 4.79 Å². The van der Waals surface area contributed by atoms with Gasteiger partial charge < -0.3 is 14.9 Å². The number of aliphatic hydroxyl groups is 1. The van der Waals surface area contributed by atoms with Crippen LogP contribution >= 0.6 is 11.8 Å². The van der Waals surface area contributed by atoms with E-state index in [1.165, 1.54) is 11.8 Å².